The van der Waals surface area contributed by atoms with Gasteiger partial charge in [-0.3, -0.25) is 4.79 Å². The molecular formula is C21H21NO5. The van der Waals surface area contributed by atoms with Crippen LogP contribution >= 0.6 is 0 Å². The third-order valence-corrected chi connectivity index (χ3v) is 3.85. The van der Waals surface area contributed by atoms with Gasteiger partial charge in [-0.15, -0.1) is 0 Å². The van der Waals surface area contributed by atoms with E-state index >= 15 is 0 Å². The topological polar surface area (TPSA) is 70.8 Å². The van der Waals surface area contributed by atoms with E-state index < -0.39 is 0 Å². The number of esters is 1. The minimum Gasteiger partial charge on any atom is -0.497 e. The lowest BCUT2D eigenvalue weighted by Crippen LogP contribution is -2.07. The van der Waals surface area contributed by atoms with Crippen molar-refractivity contribution in [3.05, 3.63) is 66.4 Å². The fraction of sp³-hybridized carbons (Fsp3) is 0.238. The second-order valence-corrected chi connectivity index (χ2v) is 5.84. The van der Waals surface area contributed by atoms with Crippen LogP contribution in [-0.4, -0.2) is 24.8 Å². The summed E-state index contributed by atoms with van der Waals surface area (Å²) in [6.45, 7) is 0.526. The molecule has 2 aromatic carbocycles. The molecule has 0 aliphatic heterocycles. The van der Waals surface area contributed by atoms with Crippen LogP contribution in [0, 0.1) is 0 Å². The van der Waals surface area contributed by atoms with Gasteiger partial charge in [0.1, 0.15) is 23.8 Å². The Morgan fingerprint density at radius 3 is 2.52 bits per heavy atom. The van der Waals surface area contributed by atoms with Crippen molar-refractivity contribution in [3.8, 4) is 22.8 Å². The molecule has 27 heavy (non-hydrogen) atoms. The van der Waals surface area contributed by atoms with E-state index in [0.29, 0.717) is 24.5 Å². The van der Waals surface area contributed by atoms with E-state index in [1.54, 1.807) is 13.2 Å². The zero-order valence-electron chi connectivity index (χ0n) is 15.1. The zero-order chi connectivity index (χ0) is 18.9. The monoisotopic (exact) mass is 367 g/mol. The molecule has 1 aromatic heterocycles. The van der Waals surface area contributed by atoms with E-state index in [1.807, 2.05) is 54.6 Å². The second-order valence-electron chi connectivity index (χ2n) is 5.84. The van der Waals surface area contributed by atoms with Crippen LogP contribution in [0.2, 0.25) is 0 Å². The average Bonchev–Trinajstić information content (AvgIpc) is 3.20. The number of carbonyl (C=O) groups excluding carboxylic acids is 1. The standard InChI is InChI=1S/C21H21NO5/c1-24-18-9-11-19(12-10-18)25-13-5-8-21(23)26-15-17-14-20(27-22-17)16-6-3-2-4-7-16/h2-4,6-7,9-12,14H,5,8,13,15H2,1H3. The summed E-state index contributed by atoms with van der Waals surface area (Å²) >= 11 is 0. The van der Waals surface area contributed by atoms with E-state index in [1.165, 1.54) is 0 Å². The minimum absolute atomic E-state index is 0.0918. The number of carbonyl (C=O) groups is 1. The summed E-state index contributed by atoms with van der Waals surface area (Å²) in [4.78, 5) is 11.8. The number of aromatic nitrogens is 1. The SMILES string of the molecule is COc1ccc(OCCCC(=O)OCc2cc(-c3ccccc3)on2)cc1. The molecule has 0 saturated carbocycles. The highest BCUT2D eigenvalue weighted by molar-refractivity contribution is 5.69. The van der Waals surface area contributed by atoms with Gasteiger partial charge in [0.15, 0.2) is 5.76 Å². The van der Waals surface area contributed by atoms with Gasteiger partial charge in [0.05, 0.1) is 13.7 Å². The van der Waals surface area contributed by atoms with Gasteiger partial charge in [0.25, 0.3) is 0 Å². The zero-order valence-corrected chi connectivity index (χ0v) is 15.1. The molecule has 0 saturated heterocycles. The molecule has 0 atom stereocenters. The number of rotatable bonds is 9. The summed E-state index contributed by atoms with van der Waals surface area (Å²) in [6, 6.07) is 18.7. The fourth-order valence-corrected chi connectivity index (χ4v) is 2.42. The second kappa shape index (κ2) is 9.43. The molecule has 6 heteroatoms. The molecule has 0 amide bonds. The predicted octanol–water partition coefficient (Wildman–Crippen LogP) is 4.25. The Morgan fingerprint density at radius 1 is 1.04 bits per heavy atom. The number of hydrogen-bond acceptors (Lipinski definition) is 6. The molecule has 0 fully saturated rings. The Kier molecular flexibility index (Phi) is 6.46. The summed E-state index contributed by atoms with van der Waals surface area (Å²) in [7, 11) is 1.61. The van der Waals surface area contributed by atoms with Crippen molar-refractivity contribution in [1.82, 2.24) is 5.16 Å². The maximum absolute atomic E-state index is 11.8. The Balaban J connectivity index is 1.35. The van der Waals surface area contributed by atoms with Crippen molar-refractivity contribution in [2.75, 3.05) is 13.7 Å². The molecule has 0 N–H and O–H groups in total. The van der Waals surface area contributed by atoms with Gasteiger partial charge < -0.3 is 18.7 Å². The molecule has 6 nitrogen and oxygen atoms in total. The average molecular weight is 367 g/mol. The van der Waals surface area contributed by atoms with Crippen LogP contribution in [0.1, 0.15) is 18.5 Å². The van der Waals surface area contributed by atoms with Crippen LogP contribution in [0.5, 0.6) is 11.5 Å². The first-order chi connectivity index (χ1) is 13.2. The Bertz CT molecular complexity index is 843. The van der Waals surface area contributed by atoms with Gasteiger partial charge >= 0.3 is 5.97 Å². The maximum Gasteiger partial charge on any atom is 0.306 e. The Morgan fingerprint density at radius 2 is 1.78 bits per heavy atom. The fourth-order valence-electron chi connectivity index (χ4n) is 2.42. The maximum atomic E-state index is 11.8. The largest absolute Gasteiger partial charge is 0.497 e. The molecule has 0 aliphatic rings. The first-order valence-corrected chi connectivity index (χ1v) is 8.68. The normalized spacial score (nSPS) is 10.4. The van der Waals surface area contributed by atoms with Gasteiger partial charge in [-0.25, -0.2) is 0 Å². The van der Waals surface area contributed by atoms with Crippen LogP contribution in [0.3, 0.4) is 0 Å². The number of methoxy groups -OCH3 is 1. The molecule has 0 aliphatic carbocycles. The molecule has 1 heterocycles. The highest BCUT2D eigenvalue weighted by Gasteiger charge is 2.09. The van der Waals surface area contributed by atoms with Crippen LogP contribution < -0.4 is 9.47 Å². The quantitative estimate of drug-likeness (QED) is 0.416. The van der Waals surface area contributed by atoms with Crippen molar-refractivity contribution < 1.29 is 23.5 Å². The summed E-state index contributed by atoms with van der Waals surface area (Å²) in [6.07, 6.45) is 0.846. The third-order valence-electron chi connectivity index (χ3n) is 3.85. The summed E-state index contributed by atoms with van der Waals surface area (Å²) in [5, 5.41) is 3.93. The van der Waals surface area contributed by atoms with Crippen LogP contribution in [-0.2, 0) is 16.1 Å². The van der Waals surface area contributed by atoms with Crippen molar-refractivity contribution in [2.45, 2.75) is 19.4 Å². The highest BCUT2D eigenvalue weighted by Crippen LogP contribution is 2.20. The molecule has 3 rings (SSSR count). The van der Waals surface area contributed by atoms with E-state index in [2.05, 4.69) is 5.16 Å². The Labute approximate surface area is 157 Å². The minimum atomic E-state index is -0.294. The van der Waals surface area contributed by atoms with E-state index in [4.69, 9.17) is 18.7 Å². The molecule has 0 unspecified atom stereocenters. The first kappa shape index (κ1) is 18.5. The summed E-state index contributed by atoms with van der Waals surface area (Å²) < 4.78 is 21.2. The lowest BCUT2D eigenvalue weighted by atomic mass is 10.2. The molecule has 3 aromatic rings. The van der Waals surface area contributed by atoms with Crippen molar-refractivity contribution in [1.29, 1.82) is 0 Å². The van der Waals surface area contributed by atoms with Crippen molar-refractivity contribution in [3.63, 3.8) is 0 Å². The van der Waals surface area contributed by atoms with Crippen molar-refractivity contribution >= 4 is 5.97 Å². The van der Waals surface area contributed by atoms with Gasteiger partial charge in [-0.1, -0.05) is 35.5 Å². The smallest absolute Gasteiger partial charge is 0.306 e. The highest BCUT2D eigenvalue weighted by atomic mass is 16.5. The predicted molar refractivity (Wildman–Crippen MR) is 99.5 cm³/mol. The lowest BCUT2D eigenvalue weighted by molar-refractivity contribution is -0.145. The van der Waals surface area contributed by atoms with Crippen LogP contribution in [0.15, 0.2) is 65.2 Å². The van der Waals surface area contributed by atoms with Gasteiger partial charge in [0.2, 0.25) is 0 Å². The first-order valence-electron chi connectivity index (χ1n) is 8.68. The molecule has 140 valence electrons. The molecule has 0 radical (unpaired) electrons. The summed E-state index contributed by atoms with van der Waals surface area (Å²) in [5.41, 5.74) is 1.51. The van der Waals surface area contributed by atoms with Gasteiger partial charge in [-0.05, 0) is 30.7 Å². The van der Waals surface area contributed by atoms with E-state index in [9.17, 15) is 4.79 Å². The number of nitrogens with zero attached hydrogens (tertiary/aromatic N) is 1. The van der Waals surface area contributed by atoms with Gasteiger partial charge in [-0.2, -0.15) is 0 Å². The van der Waals surface area contributed by atoms with Gasteiger partial charge in [0, 0.05) is 18.1 Å². The molecular weight excluding hydrogens is 346 g/mol. The van der Waals surface area contributed by atoms with Crippen LogP contribution in [0.4, 0.5) is 0 Å². The number of hydrogen-bond donors (Lipinski definition) is 0. The number of ether oxygens (including phenoxy) is 3. The lowest BCUT2D eigenvalue weighted by Gasteiger charge is -2.07. The summed E-state index contributed by atoms with van der Waals surface area (Å²) in [5.74, 6) is 1.86. The van der Waals surface area contributed by atoms with E-state index in [-0.39, 0.29) is 19.0 Å². The van der Waals surface area contributed by atoms with E-state index in [0.717, 1.165) is 17.1 Å². The molecule has 0 bridgehead atoms. The third kappa shape index (κ3) is 5.60. The Hall–Kier alpha value is -3.28. The number of benzene rings is 2. The molecule has 0 spiro atoms. The van der Waals surface area contributed by atoms with Crippen LogP contribution in [0.25, 0.3) is 11.3 Å². The van der Waals surface area contributed by atoms with Crippen molar-refractivity contribution in [2.24, 2.45) is 0 Å².